The van der Waals surface area contributed by atoms with E-state index in [4.69, 9.17) is 22.4 Å². The number of aliphatic hydroxyl groups is 1. The van der Waals surface area contributed by atoms with Crippen LogP contribution in [-0.4, -0.2) is 27.7 Å². The van der Waals surface area contributed by atoms with Crippen molar-refractivity contribution in [2.45, 2.75) is 13.0 Å². The van der Waals surface area contributed by atoms with Crippen LogP contribution in [0.15, 0.2) is 6.33 Å². The molecule has 1 unspecified atom stereocenters. The van der Waals surface area contributed by atoms with Crippen LogP contribution < -0.4 is 11.1 Å². The zero-order chi connectivity index (χ0) is 9.84. The molecule has 5 nitrogen and oxygen atoms in total. The van der Waals surface area contributed by atoms with E-state index in [9.17, 15) is 0 Å². The van der Waals surface area contributed by atoms with E-state index in [1.54, 1.807) is 6.92 Å². The maximum atomic E-state index is 8.99. The molecule has 0 amide bonds. The van der Waals surface area contributed by atoms with Gasteiger partial charge < -0.3 is 16.2 Å². The topological polar surface area (TPSA) is 84.1 Å². The molecule has 4 N–H and O–H groups in total. The van der Waals surface area contributed by atoms with Crippen molar-refractivity contribution < 1.29 is 5.11 Å². The monoisotopic (exact) mass is 202 g/mol. The van der Waals surface area contributed by atoms with Gasteiger partial charge in [0.2, 0.25) is 0 Å². The summed E-state index contributed by atoms with van der Waals surface area (Å²) in [5.74, 6) is 0.667. The minimum Gasteiger partial charge on any atom is -0.392 e. The molecule has 0 aliphatic heterocycles. The van der Waals surface area contributed by atoms with Gasteiger partial charge in [-0.1, -0.05) is 11.6 Å². The van der Waals surface area contributed by atoms with E-state index in [1.807, 2.05) is 0 Å². The lowest BCUT2D eigenvalue weighted by molar-refractivity contribution is 0.208. The molecule has 0 spiro atoms. The second-order valence-corrected chi connectivity index (χ2v) is 3.03. The Balaban J connectivity index is 2.71. The molecule has 1 rings (SSSR count). The number of aromatic nitrogens is 2. The average molecular weight is 203 g/mol. The van der Waals surface area contributed by atoms with Crippen LogP contribution in [0, 0.1) is 0 Å². The smallest absolute Gasteiger partial charge is 0.150 e. The van der Waals surface area contributed by atoms with E-state index in [-0.39, 0.29) is 10.8 Å². The number of nitrogens with one attached hydrogen (secondary N) is 1. The molecule has 6 heteroatoms. The van der Waals surface area contributed by atoms with Gasteiger partial charge in [-0.25, -0.2) is 9.97 Å². The highest BCUT2D eigenvalue weighted by Gasteiger charge is 2.06. The average Bonchev–Trinajstić information content (AvgIpc) is 2.07. The van der Waals surface area contributed by atoms with Crippen LogP contribution in [0.4, 0.5) is 11.6 Å². The first kappa shape index (κ1) is 10.0. The van der Waals surface area contributed by atoms with Crippen LogP contribution in [0.2, 0.25) is 5.02 Å². The molecule has 0 aliphatic rings. The van der Waals surface area contributed by atoms with Crippen LogP contribution in [0.5, 0.6) is 0 Å². The van der Waals surface area contributed by atoms with Gasteiger partial charge in [-0.05, 0) is 6.92 Å². The van der Waals surface area contributed by atoms with Gasteiger partial charge >= 0.3 is 0 Å². The minimum atomic E-state index is -0.466. The van der Waals surface area contributed by atoms with Gasteiger partial charge in [0, 0.05) is 6.54 Å². The van der Waals surface area contributed by atoms with E-state index in [1.165, 1.54) is 6.33 Å². The molecule has 0 bridgehead atoms. The standard InChI is InChI=1S/C7H11ClN4O/c1-4(13)2-10-7-5(8)6(9)11-3-12-7/h3-4,13H,2H2,1H3,(H3,9,10,11,12). The van der Waals surface area contributed by atoms with Crippen molar-refractivity contribution in [3.8, 4) is 0 Å². The number of anilines is 2. The zero-order valence-electron chi connectivity index (χ0n) is 7.16. The Morgan fingerprint density at radius 1 is 1.69 bits per heavy atom. The second-order valence-electron chi connectivity index (χ2n) is 2.65. The molecular formula is C7H11ClN4O. The fourth-order valence-corrected chi connectivity index (χ4v) is 0.915. The van der Waals surface area contributed by atoms with E-state index in [0.717, 1.165) is 0 Å². The van der Waals surface area contributed by atoms with Crippen molar-refractivity contribution in [1.82, 2.24) is 9.97 Å². The third-order valence-corrected chi connectivity index (χ3v) is 1.75. The number of aliphatic hydroxyl groups excluding tert-OH is 1. The third-order valence-electron chi connectivity index (χ3n) is 1.38. The number of nitrogen functional groups attached to an aromatic ring is 1. The van der Waals surface area contributed by atoms with Crippen molar-refractivity contribution in [2.75, 3.05) is 17.6 Å². The molecule has 1 aromatic rings. The second kappa shape index (κ2) is 4.25. The Morgan fingerprint density at radius 3 is 3.00 bits per heavy atom. The highest BCUT2D eigenvalue weighted by Crippen LogP contribution is 2.22. The maximum Gasteiger partial charge on any atom is 0.150 e. The number of hydrogen-bond donors (Lipinski definition) is 3. The summed E-state index contributed by atoms with van der Waals surface area (Å²) in [5, 5.41) is 12.1. The lowest BCUT2D eigenvalue weighted by Gasteiger charge is -2.08. The number of nitrogens with zero attached hydrogens (tertiary/aromatic N) is 2. The number of hydrogen-bond acceptors (Lipinski definition) is 5. The molecule has 0 saturated heterocycles. The molecule has 0 aliphatic carbocycles. The van der Waals surface area contributed by atoms with Gasteiger partial charge in [0.1, 0.15) is 17.2 Å². The van der Waals surface area contributed by atoms with Crippen LogP contribution in [0.1, 0.15) is 6.92 Å². The van der Waals surface area contributed by atoms with Crippen LogP contribution in [0.25, 0.3) is 0 Å². The predicted octanol–water partition coefficient (Wildman–Crippen LogP) is 0.505. The van der Waals surface area contributed by atoms with Gasteiger partial charge in [-0.15, -0.1) is 0 Å². The van der Waals surface area contributed by atoms with E-state index < -0.39 is 6.10 Å². The molecule has 1 atom stereocenters. The fourth-order valence-electron chi connectivity index (χ4n) is 0.751. The molecule has 0 aromatic carbocycles. The Labute approximate surface area is 81.0 Å². The highest BCUT2D eigenvalue weighted by molar-refractivity contribution is 6.35. The molecule has 1 aromatic heterocycles. The SMILES string of the molecule is CC(O)CNc1ncnc(N)c1Cl. The number of halogens is 1. The van der Waals surface area contributed by atoms with Gasteiger partial charge in [0.25, 0.3) is 0 Å². The normalized spacial score (nSPS) is 12.5. The first-order chi connectivity index (χ1) is 6.11. The summed E-state index contributed by atoms with van der Waals surface area (Å²) in [4.78, 5) is 7.56. The summed E-state index contributed by atoms with van der Waals surface area (Å²) in [6, 6.07) is 0. The van der Waals surface area contributed by atoms with E-state index in [2.05, 4.69) is 15.3 Å². The van der Waals surface area contributed by atoms with E-state index in [0.29, 0.717) is 12.4 Å². The molecule has 1 heterocycles. The van der Waals surface area contributed by atoms with Crippen LogP contribution in [0.3, 0.4) is 0 Å². The van der Waals surface area contributed by atoms with Crippen molar-refractivity contribution >= 4 is 23.2 Å². The largest absolute Gasteiger partial charge is 0.392 e. The minimum absolute atomic E-state index is 0.227. The Bertz CT molecular complexity index is 292. The molecule has 0 fully saturated rings. The summed E-state index contributed by atoms with van der Waals surface area (Å²) in [7, 11) is 0. The third kappa shape index (κ3) is 2.71. The molecule has 13 heavy (non-hydrogen) atoms. The Kier molecular flexibility index (Phi) is 3.27. The van der Waals surface area contributed by atoms with Crippen molar-refractivity contribution in [1.29, 1.82) is 0 Å². The Morgan fingerprint density at radius 2 is 2.38 bits per heavy atom. The lowest BCUT2D eigenvalue weighted by atomic mass is 10.4. The van der Waals surface area contributed by atoms with E-state index >= 15 is 0 Å². The number of nitrogens with two attached hydrogens (primary N) is 1. The fraction of sp³-hybridized carbons (Fsp3) is 0.429. The lowest BCUT2D eigenvalue weighted by Crippen LogP contribution is -2.16. The van der Waals surface area contributed by atoms with Crippen LogP contribution >= 0.6 is 11.6 Å². The molecule has 72 valence electrons. The van der Waals surface area contributed by atoms with Gasteiger partial charge in [0.15, 0.2) is 5.82 Å². The summed E-state index contributed by atoms with van der Waals surface area (Å²) in [6.07, 6.45) is 0.846. The number of rotatable bonds is 3. The first-order valence-electron chi connectivity index (χ1n) is 3.79. The van der Waals surface area contributed by atoms with Crippen molar-refractivity contribution in [3.63, 3.8) is 0 Å². The summed E-state index contributed by atoms with van der Waals surface area (Å²) >= 11 is 5.78. The quantitative estimate of drug-likeness (QED) is 0.665. The summed E-state index contributed by atoms with van der Waals surface area (Å²) in [6.45, 7) is 2.03. The van der Waals surface area contributed by atoms with Gasteiger partial charge in [-0.2, -0.15) is 0 Å². The van der Waals surface area contributed by atoms with Crippen molar-refractivity contribution in [3.05, 3.63) is 11.3 Å². The molecule has 0 saturated carbocycles. The van der Waals surface area contributed by atoms with Crippen molar-refractivity contribution in [2.24, 2.45) is 0 Å². The molecule has 0 radical (unpaired) electrons. The predicted molar refractivity (Wildman–Crippen MR) is 51.6 cm³/mol. The zero-order valence-corrected chi connectivity index (χ0v) is 7.91. The van der Waals surface area contributed by atoms with Gasteiger partial charge in [0.05, 0.1) is 6.10 Å². The molecular weight excluding hydrogens is 192 g/mol. The maximum absolute atomic E-state index is 8.99. The summed E-state index contributed by atoms with van der Waals surface area (Å²) < 4.78 is 0. The highest BCUT2D eigenvalue weighted by atomic mass is 35.5. The summed E-state index contributed by atoms with van der Waals surface area (Å²) in [5.41, 5.74) is 5.44. The Hall–Kier alpha value is -1.07. The first-order valence-corrected chi connectivity index (χ1v) is 4.17. The van der Waals surface area contributed by atoms with Crippen LogP contribution in [-0.2, 0) is 0 Å². The van der Waals surface area contributed by atoms with Gasteiger partial charge in [-0.3, -0.25) is 0 Å².